The van der Waals surface area contributed by atoms with Crippen LogP contribution >= 0.6 is 0 Å². The predicted octanol–water partition coefficient (Wildman–Crippen LogP) is 2.01. The van der Waals surface area contributed by atoms with Gasteiger partial charge in [-0.3, -0.25) is 4.79 Å². The molecule has 1 aromatic carbocycles. The number of nitrogens with one attached hydrogen (secondary N) is 1. The minimum atomic E-state index is -0.0548. The van der Waals surface area contributed by atoms with E-state index in [9.17, 15) is 4.79 Å². The van der Waals surface area contributed by atoms with E-state index < -0.39 is 0 Å². The number of methoxy groups -OCH3 is 1. The van der Waals surface area contributed by atoms with E-state index >= 15 is 0 Å². The van der Waals surface area contributed by atoms with Gasteiger partial charge in [0.25, 0.3) is 0 Å². The Kier molecular flexibility index (Phi) is 6.87. The highest BCUT2D eigenvalue weighted by Crippen LogP contribution is 2.17. The van der Waals surface area contributed by atoms with Crippen molar-refractivity contribution in [2.24, 2.45) is 0 Å². The molecule has 0 radical (unpaired) electrons. The minimum absolute atomic E-state index is 0.0548. The molecule has 0 bridgehead atoms. The van der Waals surface area contributed by atoms with Gasteiger partial charge in [0, 0.05) is 25.8 Å². The molecule has 1 fully saturated rings. The second kappa shape index (κ2) is 9.78. The van der Waals surface area contributed by atoms with Crippen molar-refractivity contribution in [1.29, 1.82) is 0 Å². The topological polar surface area (TPSA) is 72.9 Å². The van der Waals surface area contributed by atoms with Crippen LogP contribution in [-0.2, 0) is 16.1 Å². The molecule has 0 saturated carbocycles. The third-order valence-corrected chi connectivity index (χ3v) is 4.29. The molecule has 27 heavy (non-hydrogen) atoms. The first-order valence-corrected chi connectivity index (χ1v) is 9.06. The normalized spacial score (nSPS) is 13.9. The molecule has 3 rings (SSSR count). The Bertz CT molecular complexity index is 713. The number of benzene rings is 1. The van der Waals surface area contributed by atoms with Gasteiger partial charge in [0.1, 0.15) is 17.3 Å². The fraction of sp³-hybridized carbons (Fsp3) is 0.400. The lowest BCUT2D eigenvalue weighted by atomic mass is 10.2. The highest BCUT2D eigenvalue weighted by atomic mass is 16.5. The van der Waals surface area contributed by atoms with Crippen molar-refractivity contribution in [1.82, 2.24) is 10.3 Å². The monoisotopic (exact) mass is 371 g/mol. The summed E-state index contributed by atoms with van der Waals surface area (Å²) in [6, 6.07) is 11.3. The van der Waals surface area contributed by atoms with E-state index in [-0.39, 0.29) is 5.91 Å². The fourth-order valence-electron chi connectivity index (χ4n) is 2.72. The van der Waals surface area contributed by atoms with Crippen LogP contribution in [0.5, 0.6) is 11.5 Å². The van der Waals surface area contributed by atoms with Gasteiger partial charge in [-0.05, 0) is 35.9 Å². The number of carbonyl (C=O) groups is 1. The van der Waals surface area contributed by atoms with Crippen molar-refractivity contribution in [2.45, 2.75) is 13.0 Å². The van der Waals surface area contributed by atoms with Crippen molar-refractivity contribution >= 4 is 11.7 Å². The zero-order chi connectivity index (χ0) is 18.9. The van der Waals surface area contributed by atoms with E-state index in [1.54, 1.807) is 13.3 Å². The van der Waals surface area contributed by atoms with E-state index in [0.29, 0.717) is 25.3 Å². The van der Waals surface area contributed by atoms with E-state index in [0.717, 1.165) is 43.4 Å². The highest BCUT2D eigenvalue weighted by Gasteiger charge is 2.12. The molecule has 1 aliphatic rings. The molecule has 0 aliphatic carbocycles. The summed E-state index contributed by atoms with van der Waals surface area (Å²) in [5.41, 5.74) is 0.969. The number of anilines is 1. The lowest BCUT2D eigenvalue weighted by Crippen LogP contribution is -2.36. The summed E-state index contributed by atoms with van der Waals surface area (Å²) in [6.45, 7) is 3.97. The van der Waals surface area contributed by atoms with Gasteiger partial charge in [0.2, 0.25) is 5.91 Å². The summed E-state index contributed by atoms with van der Waals surface area (Å²) in [5, 5.41) is 2.89. The van der Waals surface area contributed by atoms with Gasteiger partial charge in [-0.15, -0.1) is 0 Å². The lowest BCUT2D eigenvalue weighted by molar-refractivity contribution is -0.121. The molecule has 7 nitrogen and oxygen atoms in total. The summed E-state index contributed by atoms with van der Waals surface area (Å²) < 4.78 is 16.0. The number of ether oxygens (including phenoxy) is 3. The molecule has 144 valence electrons. The van der Waals surface area contributed by atoms with Crippen molar-refractivity contribution in [3.05, 3.63) is 48.2 Å². The number of carbonyl (C=O) groups excluding carboxylic acids is 1. The maximum absolute atomic E-state index is 12.0. The number of morpholine rings is 1. The molecule has 2 aromatic rings. The van der Waals surface area contributed by atoms with Gasteiger partial charge >= 0.3 is 0 Å². The van der Waals surface area contributed by atoms with Gasteiger partial charge in [-0.1, -0.05) is 6.07 Å². The maximum atomic E-state index is 12.0. The largest absolute Gasteiger partial charge is 0.497 e. The molecule has 1 amide bonds. The first-order valence-electron chi connectivity index (χ1n) is 9.06. The molecular formula is C20H25N3O4. The van der Waals surface area contributed by atoms with E-state index in [1.165, 1.54) is 0 Å². The second-order valence-electron chi connectivity index (χ2n) is 6.17. The average Bonchev–Trinajstić information content (AvgIpc) is 2.74. The second-order valence-corrected chi connectivity index (χ2v) is 6.17. The van der Waals surface area contributed by atoms with Crippen LogP contribution in [-0.4, -0.2) is 50.9 Å². The van der Waals surface area contributed by atoms with Crippen LogP contribution in [0.15, 0.2) is 42.6 Å². The predicted molar refractivity (Wildman–Crippen MR) is 102 cm³/mol. The zero-order valence-corrected chi connectivity index (χ0v) is 15.5. The van der Waals surface area contributed by atoms with Gasteiger partial charge in [0.05, 0.1) is 33.4 Å². The third-order valence-electron chi connectivity index (χ3n) is 4.29. The number of aromatic nitrogens is 1. The molecule has 0 spiro atoms. The summed E-state index contributed by atoms with van der Waals surface area (Å²) in [4.78, 5) is 18.6. The van der Waals surface area contributed by atoms with Crippen LogP contribution in [0.3, 0.4) is 0 Å². The van der Waals surface area contributed by atoms with Crippen LogP contribution in [0.2, 0.25) is 0 Å². The highest BCUT2D eigenvalue weighted by molar-refractivity contribution is 5.76. The quantitative estimate of drug-likeness (QED) is 0.765. The van der Waals surface area contributed by atoms with Crippen molar-refractivity contribution in [2.75, 3.05) is 44.9 Å². The molecule has 1 saturated heterocycles. The van der Waals surface area contributed by atoms with Gasteiger partial charge in [-0.2, -0.15) is 0 Å². The van der Waals surface area contributed by atoms with Crippen LogP contribution in [0, 0.1) is 0 Å². The maximum Gasteiger partial charge on any atom is 0.223 e. The number of pyridine rings is 1. The van der Waals surface area contributed by atoms with E-state index in [2.05, 4.69) is 15.2 Å². The Morgan fingerprint density at radius 3 is 2.56 bits per heavy atom. The van der Waals surface area contributed by atoms with Gasteiger partial charge in [-0.25, -0.2) is 4.98 Å². The van der Waals surface area contributed by atoms with Crippen LogP contribution in [0.1, 0.15) is 12.0 Å². The Morgan fingerprint density at radius 1 is 1.15 bits per heavy atom. The standard InChI is InChI=1S/C20H25N3O4/c1-25-17-3-5-18(6-4-17)27-11-8-20(24)22-15-16-2-7-19(21-14-16)23-9-12-26-13-10-23/h2-7,14H,8-13,15H2,1H3,(H,22,24). The molecule has 0 unspecified atom stereocenters. The first-order chi connectivity index (χ1) is 13.2. The lowest BCUT2D eigenvalue weighted by Gasteiger charge is -2.27. The van der Waals surface area contributed by atoms with E-state index in [4.69, 9.17) is 14.2 Å². The Labute approximate surface area is 159 Å². The smallest absolute Gasteiger partial charge is 0.223 e. The molecule has 2 heterocycles. The number of nitrogens with zero attached hydrogens (tertiary/aromatic N) is 2. The Hall–Kier alpha value is -2.80. The Morgan fingerprint density at radius 2 is 1.89 bits per heavy atom. The average molecular weight is 371 g/mol. The number of hydrogen-bond acceptors (Lipinski definition) is 6. The van der Waals surface area contributed by atoms with Crippen LogP contribution in [0.4, 0.5) is 5.82 Å². The number of rotatable bonds is 8. The summed E-state index contributed by atoms with van der Waals surface area (Å²) >= 11 is 0. The Balaban J connectivity index is 1.37. The molecule has 7 heteroatoms. The molecule has 1 aromatic heterocycles. The summed E-state index contributed by atoms with van der Waals surface area (Å²) in [6.07, 6.45) is 2.10. The minimum Gasteiger partial charge on any atom is -0.497 e. The van der Waals surface area contributed by atoms with E-state index in [1.807, 2.05) is 36.4 Å². The summed E-state index contributed by atoms with van der Waals surface area (Å²) in [7, 11) is 1.62. The fourth-order valence-corrected chi connectivity index (χ4v) is 2.72. The molecule has 0 atom stereocenters. The number of hydrogen-bond donors (Lipinski definition) is 1. The van der Waals surface area contributed by atoms with Gasteiger partial charge in [0.15, 0.2) is 0 Å². The molecule has 1 N–H and O–H groups in total. The summed E-state index contributed by atoms with van der Waals surface area (Å²) in [5.74, 6) is 2.38. The van der Waals surface area contributed by atoms with Crippen molar-refractivity contribution in [3.63, 3.8) is 0 Å². The van der Waals surface area contributed by atoms with Crippen molar-refractivity contribution < 1.29 is 19.0 Å². The first kappa shape index (κ1) is 19.0. The van der Waals surface area contributed by atoms with Crippen LogP contribution in [0.25, 0.3) is 0 Å². The van der Waals surface area contributed by atoms with Crippen LogP contribution < -0.4 is 19.7 Å². The number of amides is 1. The SMILES string of the molecule is COc1ccc(OCCC(=O)NCc2ccc(N3CCOCC3)nc2)cc1. The van der Waals surface area contributed by atoms with Crippen molar-refractivity contribution in [3.8, 4) is 11.5 Å². The van der Waals surface area contributed by atoms with Gasteiger partial charge < -0.3 is 24.4 Å². The molecular weight excluding hydrogens is 346 g/mol. The third kappa shape index (κ3) is 5.86. The zero-order valence-electron chi connectivity index (χ0n) is 15.5. The molecule has 1 aliphatic heterocycles.